The van der Waals surface area contributed by atoms with E-state index in [0.717, 1.165) is 42.8 Å². The summed E-state index contributed by atoms with van der Waals surface area (Å²) >= 11 is 0. The van der Waals surface area contributed by atoms with Crippen LogP contribution in [-0.4, -0.2) is 35.6 Å². The molecule has 100 valence electrons. The minimum absolute atomic E-state index is 0.0239. The number of carbonyl (C=O) groups excluding carboxylic acids is 1. The van der Waals surface area contributed by atoms with Crippen molar-refractivity contribution in [2.45, 2.75) is 45.7 Å². The van der Waals surface area contributed by atoms with Gasteiger partial charge in [0, 0.05) is 12.6 Å². The highest BCUT2D eigenvalue weighted by molar-refractivity contribution is 5.81. The summed E-state index contributed by atoms with van der Waals surface area (Å²) in [5.74, 6) is 0.957. The lowest BCUT2D eigenvalue weighted by atomic mass is 10.0. The molecule has 0 spiro atoms. The van der Waals surface area contributed by atoms with Crippen molar-refractivity contribution in [2.75, 3.05) is 13.6 Å². The Morgan fingerprint density at radius 1 is 1.50 bits per heavy atom. The highest BCUT2D eigenvalue weighted by Crippen LogP contribution is 2.16. The van der Waals surface area contributed by atoms with Gasteiger partial charge >= 0.3 is 0 Å². The first-order valence-electron chi connectivity index (χ1n) is 6.49. The lowest BCUT2D eigenvalue weighted by molar-refractivity contribution is -0.133. The van der Waals surface area contributed by atoms with Crippen LogP contribution in [0.4, 0.5) is 0 Å². The normalized spacial score (nSPS) is 19.8. The zero-order valence-electron chi connectivity index (χ0n) is 11.3. The van der Waals surface area contributed by atoms with Gasteiger partial charge in [-0.25, -0.2) is 0 Å². The quantitative estimate of drug-likeness (QED) is 0.882. The van der Waals surface area contributed by atoms with E-state index in [-0.39, 0.29) is 11.9 Å². The van der Waals surface area contributed by atoms with Gasteiger partial charge in [0.2, 0.25) is 5.91 Å². The van der Waals surface area contributed by atoms with E-state index in [9.17, 15) is 4.79 Å². The third-order valence-corrected chi connectivity index (χ3v) is 3.56. The second kappa shape index (κ2) is 5.52. The maximum atomic E-state index is 12.3. The molecule has 1 N–H and O–H groups in total. The summed E-state index contributed by atoms with van der Waals surface area (Å²) in [6.07, 6.45) is 3.23. The second-order valence-electron chi connectivity index (χ2n) is 5.00. The Kier molecular flexibility index (Phi) is 4.01. The number of rotatable bonds is 3. The predicted molar refractivity (Wildman–Crippen MR) is 68.1 cm³/mol. The van der Waals surface area contributed by atoms with Crippen LogP contribution in [0.1, 0.15) is 36.3 Å². The fourth-order valence-electron chi connectivity index (χ4n) is 2.37. The van der Waals surface area contributed by atoms with Gasteiger partial charge in [-0.05, 0) is 33.2 Å². The average Bonchev–Trinajstić information content (AvgIpc) is 2.70. The number of hydrogen-bond donors (Lipinski definition) is 1. The summed E-state index contributed by atoms with van der Waals surface area (Å²) in [5, 5.41) is 7.19. The molecule has 1 atom stereocenters. The number of piperidine rings is 1. The van der Waals surface area contributed by atoms with Crippen LogP contribution in [0.3, 0.4) is 0 Å². The van der Waals surface area contributed by atoms with Crippen LogP contribution in [0.2, 0.25) is 0 Å². The Labute approximate surface area is 108 Å². The summed E-state index contributed by atoms with van der Waals surface area (Å²) < 4.78 is 5.12. The molecule has 0 unspecified atom stereocenters. The minimum atomic E-state index is -0.0239. The molecule has 1 aromatic rings. The number of hydrogen-bond acceptors (Lipinski definition) is 4. The fraction of sp³-hybridized carbons (Fsp3) is 0.692. The summed E-state index contributed by atoms with van der Waals surface area (Å²) in [6.45, 7) is 5.29. The Bertz CT molecular complexity index is 402. The molecule has 1 aliphatic heterocycles. The SMILES string of the molecule is Cc1noc(C)c1CN(C)C(=O)[C@@H]1CCCCN1. The first-order chi connectivity index (χ1) is 8.59. The third-order valence-electron chi connectivity index (χ3n) is 3.56. The van der Waals surface area contributed by atoms with Gasteiger partial charge in [-0.1, -0.05) is 11.6 Å². The zero-order valence-corrected chi connectivity index (χ0v) is 11.3. The van der Waals surface area contributed by atoms with Crippen LogP contribution in [0.5, 0.6) is 0 Å². The second-order valence-corrected chi connectivity index (χ2v) is 5.00. The maximum Gasteiger partial charge on any atom is 0.239 e. The van der Waals surface area contributed by atoms with E-state index in [4.69, 9.17) is 4.52 Å². The molecular formula is C13H21N3O2. The van der Waals surface area contributed by atoms with Crippen LogP contribution < -0.4 is 5.32 Å². The van der Waals surface area contributed by atoms with Crippen LogP contribution in [-0.2, 0) is 11.3 Å². The number of amides is 1. The van der Waals surface area contributed by atoms with Crippen LogP contribution >= 0.6 is 0 Å². The lowest BCUT2D eigenvalue weighted by Crippen LogP contribution is -2.47. The molecule has 1 aliphatic rings. The molecule has 1 amide bonds. The first-order valence-corrected chi connectivity index (χ1v) is 6.49. The van der Waals surface area contributed by atoms with Crippen LogP contribution in [0.25, 0.3) is 0 Å². The number of nitrogens with zero attached hydrogens (tertiary/aromatic N) is 2. The molecule has 0 aromatic carbocycles. The topological polar surface area (TPSA) is 58.4 Å². The van der Waals surface area contributed by atoms with Crippen LogP contribution in [0.15, 0.2) is 4.52 Å². The molecule has 0 aliphatic carbocycles. The molecule has 1 fully saturated rings. The van der Waals surface area contributed by atoms with E-state index in [1.165, 1.54) is 0 Å². The smallest absolute Gasteiger partial charge is 0.239 e. The summed E-state index contributed by atoms with van der Waals surface area (Å²) in [5.41, 5.74) is 1.88. The van der Waals surface area contributed by atoms with Crippen molar-refractivity contribution in [2.24, 2.45) is 0 Å². The molecule has 18 heavy (non-hydrogen) atoms. The Balaban J connectivity index is 1.98. The van der Waals surface area contributed by atoms with Gasteiger partial charge in [0.25, 0.3) is 0 Å². The molecule has 5 heteroatoms. The van der Waals surface area contributed by atoms with Gasteiger partial charge in [-0.3, -0.25) is 4.79 Å². The molecule has 1 aromatic heterocycles. The number of aryl methyl sites for hydroxylation is 2. The molecular weight excluding hydrogens is 230 g/mol. The lowest BCUT2D eigenvalue weighted by Gasteiger charge is -2.27. The molecule has 0 radical (unpaired) electrons. The Morgan fingerprint density at radius 2 is 2.28 bits per heavy atom. The number of carbonyl (C=O) groups is 1. The minimum Gasteiger partial charge on any atom is -0.361 e. The summed E-state index contributed by atoms with van der Waals surface area (Å²) in [7, 11) is 1.84. The van der Waals surface area contributed by atoms with Crippen molar-refractivity contribution in [3.05, 3.63) is 17.0 Å². The van der Waals surface area contributed by atoms with Gasteiger partial charge in [0.1, 0.15) is 5.76 Å². The monoisotopic (exact) mass is 251 g/mol. The zero-order chi connectivity index (χ0) is 13.1. The highest BCUT2D eigenvalue weighted by Gasteiger charge is 2.24. The van der Waals surface area contributed by atoms with Crippen molar-refractivity contribution < 1.29 is 9.32 Å². The molecule has 0 bridgehead atoms. The van der Waals surface area contributed by atoms with Crippen molar-refractivity contribution in [1.29, 1.82) is 0 Å². The number of likely N-dealkylation sites (N-methyl/N-ethyl adjacent to an activating group) is 1. The van der Waals surface area contributed by atoms with Crippen molar-refractivity contribution >= 4 is 5.91 Å². The van der Waals surface area contributed by atoms with Gasteiger partial charge in [0.15, 0.2) is 0 Å². The van der Waals surface area contributed by atoms with Gasteiger partial charge in [0.05, 0.1) is 18.3 Å². The summed E-state index contributed by atoms with van der Waals surface area (Å²) in [6, 6.07) is -0.0239. The fourth-order valence-corrected chi connectivity index (χ4v) is 2.37. The van der Waals surface area contributed by atoms with E-state index in [0.29, 0.717) is 6.54 Å². The maximum absolute atomic E-state index is 12.3. The van der Waals surface area contributed by atoms with E-state index in [1.54, 1.807) is 4.90 Å². The highest BCUT2D eigenvalue weighted by atomic mass is 16.5. The molecule has 5 nitrogen and oxygen atoms in total. The first kappa shape index (κ1) is 13.1. The van der Waals surface area contributed by atoms with E-state index < -0.39 is 0 Å². The average molecular weight is 251 g/mol. The standard InChI is InChI=1S/C13H21N3O2/c1-9-11(10(2)18-15-9)8-16(3)13(17)12-6-4-5-7-14-12/h12,14H,4-8H2,1-3H3/t12-/m0/s1. The van der Waals surface area contributed by atoms with Crippen molar-refractivity contribution in [3.63, 3.8) is 0 Å². The van der Waals surface area contributed by atoms with E-state index >= 15 is 0 Å². The van der Waals surface area contributed by atoms with Crippen LogP contribution in [0, 0.1) is 13.8 Å². The number of aromatic nitrogens is 1. The van der Waals surface area contributed by atoms with E-state index in [2.05, 4.69) is 10.5 Å². The van der Waals surface area contributed by atoms with E-state index in [1.807, 2.05) is 20.9 Å². The predicted octanol–water partition coefficient (Wildman–Crippen LogP) is 1.39. The third kappa shape index (κ3) is 2.72. The molecule has 2 heterocycles. The van der Waals surface area contributed by atoms with Gasteiger partial charge < -0.3 is 14.7 Å². The van der Waals surface area contributed by atoms with Gasteiger partial charge in [-0.2, -0.15) is 0 Å². The number of nitrogens with one attached hydrogen (secondary N) is 1. The Hall–Kier alpha value is -1.36. The molecule has 0 saturated carbocycles. The van der Waals surface area contributed by atoms with Crippen molar-refractivity contribution in [1.82, 2.24) is 15.4 Å². The molecule has 2 rings (SSSR count). The Morgan fingerprint density at radius 3 is 2.83 bits per heavy atom. The summed E-state index contributed by atoms with van der Waals surface area (Å²) in [4.78, 5) is 14.0. The van der Waals surface area contributed by atoms with Gasteiger partial charge in [-0.15, -0.1) is 0 Å². The van der Waals surface area contributed by atoms with Crippen molar-refractivity contribution in [3.8, 4) is 0 Å². The largest absolute Gasteiger partial charge is 0.361 e. The molecule has 1 saturated heterocycles.